The molecule has 0 fully saturated rings. The highest BCUT2D eigenvalue weighted by Gasteiger charge is 2.25. The van der Waals surface area contributed by atoms with Gasteiger partial charge in [0.1, 0.15) is 11.9 Å². The van der Waals surface area contributed by atoms with Crippen LogP contribution < -0.4 is 10.6 Å². The van der Waals surface area contributed by atoms with E-state index in [1.165, 1.54) is 18.2 Å². The van der Waals surface area contributed by atoms with E-state index in [4.69, 9.17) is 23.2 Å². The third-order valence-electron chi connectivity index (χ3n) is 3.82. The molecule has 2 aromatic carbocycles. The van der Waals surface area contributed by atoms with Gasteiger partial charge < -0.3 is 10.6 Å². The zero-order valence-electron chi connectivity index (χ0n) is 14.4. The summed E-state index contributed by atoms with van der Waals surface area (Å²) < 4.78 is 13.8. The van der Waals surface area contributed by atoms with E-state index in [1.807, 2.05) is 0 Å². The van der Waals surface area contributed by atoms with Crippen molar-refractivity contribution in [2.24, 2.45) is 5.92 Å². The van der Waals surface area contributed by atoms with Crippen LogP contribution in [0.2, 0.25) is 10.0 Å². The Kier molecular flexibility index (Phi) is 7.00. The van der Waals surface area contributed by atoms with Gasteiger partial charge in [0.2, 0.25) is 5.91 Å². The quantitative estimate of drug-likeness (QED) is 0.768. The summed E-state index contributed by atoms with van der Waals surface area (Å²) in [4.78, 5) is 24.8. The summed E-state index contributed by atoms with van der Waals surface area (Å²) in [5.74, 6) is -1.84. The average Bonchev–Trinajstić information content (AvgIpc) is 2.58. The molecule has 26 heavy (non-hydrogen) atoms. The molecular formula is C19H19Cl2FN2O2. The molecule has 0 heterocycles. The van der Waals surface area contributed by atoms with E-state index in [0.717, 1.165) is 0 Å². The van der Waals surface area contributed by atoms with Gasteiger partial charge in [-0.25, -0.2) is 4.39 Å². The fraction of sp³-hybridized carbons (Fsp3) is 0.263. The minimum atomic E-state index is -0.812. The minimum absolute atomic E-state index is 0.105. The summed E-state index contributed by atoms with van der Waals surface area (Å²) in [5.41, 5.74) is 0.596. The number of halogens is 3. The highest BCUT2D eigenvalue weighted by Crippen LogP contribution is 2.20. The molecule has 0 aromatic heterocycles. The number of hydrogen-bond acceptors (Lipinski definition) is 2. The molecule has 2 N–H and O–H groups in total. The van der Waals surface area contributed by atoms with Gasteiger partial charge >= 0.3 is 0 Å². The van der Waals surface area contributed by atoms with Gasteiger partial charge in [0, 0.05) is 16.6 Å². The molecule has 0 saturated carbocycles. The second kappa shape index (κ2) is 9.01. The van der Waals surface area contributed by atoms with Gasteiger partial charge in [-0.1, -0.05) is 55.2 Å². The number of carbonyl (C=O) groups is 2. The molecule has 7 heteroatoms. The number of benzene rings is 2. The second-order valence-corrected chi connectivity index (χ2v) is 6.97. The Hall–Kier alpha value is -2.11. The molecule has 2 rings (SSSR count). The lowest BCUT2D eigenvalue weighted by atomic mass is 10.0. The maximum atomic E-state index is 13.8. The van der Waals surface area contributed by atoms with Crippen LogP contribution in [0.3, 0.4) is 0 Å². The van der Waals surface area contributed by atoms with Crippen LogP contribution in [0.15, 0.2) is 42.5 Å². The van der Waals surface area contributed by atoms with E-state index < -0.39 is 17.8 Å². The van der Waals surface area contributed by atoms with Crippen LogP contribution in [0, 0.1) is 11.7 Å². The fourth-order valence-electron chi connectivity index (χ4n) is 2.36. The number of nitrogens with one attached hydrogen (secondary N) is 2. The van der Waals surface area contributed by atoms with Crippen LogP contribution in [0.25, 0.3) is 0 Å². The van der Waals surface area contributed by atoms with Gasteiger partial charge in [0.15, 0.2) is 0 Å². The summed E-state index contributed by atoms with van der Waals surface area (Å²) in [5, 5.41) is 6.27. The molecule has 0 aliphatic carbocycles. The normalized spacial score (nSPS) is 11.9. The Balaban J connectivity index is 2.05. The largest absolute Gasteiger partial charge is 0.350 e. The van der Waals surface area contributed by atoms with Crippen molar-refractivity contribution in [3.05, 3.63) is 69.5 Å². The van der Waals surface area contributed by atoms with Gasteiger partial charge in [-0.15, -0.1) is 0 Å². The van der Waals surface area contributed by atoms with Crippen LogP contribution in [0.5, 0.6) is 0 Å². The van der Waals surface area contributed by atoms with Crippen LogP contribution in [-0.4, -0.2) is 17.9 Å². The molecule has 2 aromatic rings. The first kappa shape index (κ1) is 20.2. The molecule has 138 valence electrons. The zero-order chi connectivity index (χ0) is 19.3. The van der Waals surface area contributed by atoms with E-state index in [2.05, 4.69) is 10.6 Å². The Bertz CT molecular complexity index is 812. The van der Waals surface area contributed by atoms with E-state index in [0.29, 0.717) is 15.6 Å². The minimum Gasteiger partial charge on any atom is -0.350 e. The second-order valence-electron chi connectivity index (χ2n) is 6.13. The standard InChI is InChI=1S/C19H19Cl2FN2O2/c1-11(2)17(24-18(25)14-5-3-4-6-16(14)22)19(26)23-10-12-7-8-13(20)9-15(12)21/h3-9,11,17H,10H2,1-2H3,(H,23,26)(H,24,25)/t17-/m1/s1. The van der Waals surface area contributed by atoms with E-state index in [9.17, 15) is 14.0 Å². The molecule has 4 nitrogen and oxygen atoms in total. The molecule has 0 saturated heterocycles. The molecule has 1 atom stereocenters. The summed E-state index contributed by atoms with van der Waals surface area (Å²) >= 11 is 11.9. The van der Waals surface area contributed by atoms with Crippen molar-refractivity contribution in [3.8, 4) is 0 Å². The highest BCUT2D eigenvalue weighted by molar-refractivity contribution is 6.35. The van der Waals surface area contributed by atoms with Crippen LogP contribution in [-0.2, 0) is 11.3 Å². The van der Waals surface area contributed by atoms with Gasteiger partial charge in [0.25, 0.3) is 5.91 Å². The Morgan fingerprint density at radius 2 is 1.81 bits per heavy atom. The Labute approximate surface area is 161 Å². The molecule has 0 aliphatic heterocycles. The number of carbonyl (C=O) groups excluding carboxylic acids is 2. The molecule has 0 unspecified atom stereocenters. The summed E-state index contributed by atoms with van der Waals surface area (Å²) in [7, 11) is 0. The summed E-state index contributed by atoms with van der Waals surface area (Å²) in [6, 6.07) is 9.79. The molecule has 0 bridgehead atoms. The maximum absolute atomic E-state index is 13.8. The molecular weight excluding hydrogens is 378 g/mol. The third kappa shape index (κ3) is 5.19. The predicted octanol–water partition coefficient (Wildman–Crippen LogP) is 4.20. The molecule has 0 spiro atoms. The third-order valence-corrected chi connectivity index (χ3v) is 4.41. The van der Waals surface area contributed by atoms with Crippen molar-refractivity contribution < 1.29 is 14.0 Å². The average molecular weight is 397 g/mol. The van der Waals surface area contributed by atoms with Gasteiger partial charge in [-0.2, -0.15) is 0 Å². The van der Waals surface area contributed by atoms with E-state index in [-0.39, 0.29) is 23.9 Å². The van der Waals surface area contributed by atoms with Crippen molar-refractivity contribution in [2.75, 3.05) is 0 Å². The lowest BCUT2D eigenvalue weighted by molar-refractivity contribution is -0.124. The number of hydrogen-bond donors (Lipinski definition) is 2. The Morgan fingerprint density at radius 3 is 2.42 bits per heavy atom. The van der Waals surface area contributed by atoms with E-state index in [1.54, 1.807) is 38.1 Å². The Morgan fingerprint density at radius 1 is 1.12 bits per heavy atom. The van der Waals surface area contributed by atoms with Crippen molar-refractivity contribution >= 4 is 35.0 Å². The first-order valence-corrected chi connectivity index (χ1v) is 8.82. The van der Waals surface area contributed by atoms with Crippen LogP contribution in [0.1, 0.15) is 29.8 Å². The van der Waals surface area contributed by atoms with Crippen LogP contribution in [0.4, 0.5) is 4.39 Å². The number of rotatable bonds is 6. The summed E-state index contributed by atoms with van der Waals surface area (Å²) in [6.45, 7) is 3.77. The maximum Gasteiger partial charge on any atom is 0.254 e. The van der Waals surface area contributed by atoms with Crippen molar-refractivity contribution in [1.82, 2.24) is 10.6 Å². The predicted molar refractivity (Wildman–Crippen MR) is 101 cm³/mol. The van der Waals surface area contributed by atoms with E-state index >= 15 is 0 Å². The number of amides is 2. The monoisotopic (exact) mass is 396 g/mol. The topological polar surface area (TPSA) is 58.2 Å². The first-order chi connectivity index (χ1) is 12.3. The smallest absolute Gasteiger partial charge is 0.254 e. The lowest BCUT2D eigenvalue weighted by Crippen LogP contribution is -2.49. The molecule has 0 aliphatic rings. The van der Waals surface area contributed by atoms with Gasteiger partial charge in [-0.3, -0.25) is 9.59 Å². The molecule has 2 amide bonds. The zero-order valence-corrected chi connectivity index (χ0v) is 15.9. The van der Waals surface area contributed by atoms with Crippen molar-refractivity contribution in [2.45, 2.75) is 26.4 Å². The molecule has 0 radical (unpaired) electrons. The van der Waals surface area contributed by atoms with Crippen molar-refractivity contribution in [1.29, 1.82) is 0 Å². The fourth-order valence-corrected chi connectivity index (χ4v) is 2.83. The van der Waals surface area contributed by atoms with Crippen LogP contribution >= 0.6 is 23.2 Å². The SMILES string of the molecule is CC(C)[C@@H](NC(=O)c1ccccc1F)C(=O)NCc1ccc(Cl)cc1Cl. The van der Waals surface area contributed by atoms with Gasteiger partial charge in [-0.05, 0) is 35.7 Å². The van der Waals surface area contributed by atoms with Gasteiger partial charge in [0.05, 0.1) is 5.56 Å². The summed E-state index contributed by atoms with van der Waals surface area (Å²) in [6.07, 6.45) is 0. The highest BCUT2D eigenvalue weighted by atomic mass is 35.5. The lowest BCUT2D eigenvalue weighted by Gasteiger charge is -2.22. The van der Waals surface area contributed by atoms with Crippen molar-refractivity contribution in [3.63, 3.8) is 0 Å². The first-order valence-electron chi connectivity index (χ1n) is 8.06.